The van der Waals surface area contributed by atoms with Gasteiger partial charge in [-0.25, -0.2) is 0 Å². The number of benzene rings is 2. The predicted molar refractivity (Wildman–Crippen MR) is 72.1 cm³/mol. The van der Waals surface area contributed by atoms with Crippen LogP contribution in [0.2, 0.25) is 0 Å². The van der Waals surface area contributed by atoms with E-state index >= 15 is 0 Å². The zero-order chi connectivity index (χ0) is 13.5. The molecule has 4 nitrogen and oxygen atoms in total. The first kappa shape index (κ1) is 13.1. The molecule has 0 aliphatic heterocycles. The van der Waals surface area contributed by atoms with Crippen molar-refractivity contribution in [3.63, 3.8) is 0 Å². The highest BCUT2D eigenvalue weighted by Gasteiger charge is 2.02. The van der Waals surface area contributed by atoms with Gasteiger partial charge in [0, 0.05) is 0 Å². The molecule has 0 bridgehead atoms. The van der Waals surface area contributed by atoms with E-state index in [2.05, 4.69) is 0 Å². The lowest BCUT2D eigenvalue weighted by Crippen LogP contribution is -2.09. The summed E-state index contributed by atoms with van der Waals surface area (Å²) in [4.78, 5) is 0. The number of rotatable bonds is 6. The van der Waals surface area contributed by atoms with Gasteiger partial charge in [-0.05, 0) is 36.4 Å². The highest BCUT2D eigenvalue weighted by Crippen LogP contribution is 2.25. The fourth-order valence-electron chi connectivity index (χ4n) is 1.59. The van der Waals surface area contributed by atoms with Crippen molar-refractivity contribution in [2.75, 3.05) is 20.3 Å². The highest BCUT2D eigenvalue weighted by molar-refractivity contribution is 5.39. The third-order valence-electron chi connectivity index (χ3n) is 2.52. The van der Waals surface area contributed by atoms with Gasteiger partial charge in [-0.1, -0.05) is 12.1 Å². The van der Waals surface area contributed by atoms with Gasteiger partial charge in [-0.3, -0.25) is 0 Å². The Balaban J connectivity index is 1.79. The molecule has 0 unspecified atom stereocenters. The van der Waals surface area contributed by atoms with E-state index in [0.29, 0.717) is 30.5 Å². The summed E-state index contributed by atoms with van der Waals surface area (Å²) >= 11 is 0. The van der Waals surface area contributed by atoms with E-state index in [1.165, 1.54) is 0 Å². The van der Waals surface area contributed by atoms with Gasteiger partial charge in [0.25, 0.3) is 0 Å². The molecule has 0 amide bonds. The summed E-state index contributed by atoms with van der Waals surface area (Å²) in [7, 11) is 1.61. The monoisotopic (exact) mass is 260 g/mol. The van der Waals surface area contributed by atoms with Crippen LogP contribution < -0.4 is 14.2 Å². The molecular formula is C15H16O4. The number of hydrogen-bond donors (Lipinski definition) is 1. The summed E-state index contributed by atoms with van der Waals surface area (Å²) in [5.74, 6) is 2.31. The molecule has 2 aromatic rings. The van der Waals surface area contributed by atoms with Gasteiger partial charge < -0.3 is 19.3 Å². The second-order valence-corrected chi connectivity index (χ2v) is 3.84. The number of para-hydroxylation sites is 2. The second-order valence-electron chi connectivity index (χ2n) is 3.84. The van der Waals surface area contributed by atoms with Crippen molar-refractivity contribution < 1.29 is 19.3 Å². The number of aromatic hydroxyl groups is 1. The Morgan fingerprint density at radius 2 is 1.47 bits per heavy atom. The highest BCUT2D eigenvalue weighted by atomic mass is 16.5. The minimum Gasteiger partial charge on any atom is -0.508 e. The zero-order valence-corrected chi connectivity index (χ0v) is 10.7. The van der Waals surface area contributed by atoms with Crippen molar-refractivity contribution in [1.29, 1.82) is 0 Å². The molecule has 0 heterocycles. The summed E-state index contributed by atoms with van der Waals surface area (Å²) in [5, 5.41) is 9.14. The van der Waals surface area contributed by atoms with E-state index in [0.717, 1.165) is 0 Å². The maximum absolute atomic E-state index is 9.14. The quantitative estimate of drug-likeness (QED) is 0.811. The fourth-order valence-corrected chi connectivity index (χ4v) is 1.59. The average Bonchev–Trinajstić information content (AvgIpc) is 2.46. The van der Waals surface area contributed by atoms with Gasteiger partial charge in [0.2, 0.25) is 0 Å². The van der Waals surface area contributed by atoms with Crippen LogP contribution in [0, 0.1) is 0 Å². The number of hydrogen-bond acceptors (Lipinski definition) is 4. The van der Waals surface area contributed by atoms with Crippen LogP contribution in [0.15, 0.2) is 48.5 Å². The zero-order valence-electron chi connectivity index (χ0n) is 10.7. The third kappa shape index (κ3) is 3.81. The Labute approximate surface area is 112 Å². The molecule has 0 spiro atoms. The summed E-state index contributed by atoms with van der Waals surface area (Å²) in [6.07, 6.45) is 0. The van der Waals surface area contributed by atoms with Crippen LogP contribution in [0.25, 0.3) is 0 Å². The molecule has 0 fully saturated rings. The van der Waals surface area contributed by atoms with Crippen molar-refractivity contribution in [3.05, 3.63) is 48.5 Å². The van der Waals surface area contributed by atoms with E-state index in [4.69, 9.17) is 19.3 Å². The van der Waals surface area contributed by atoms with E-state index in [1.54, 1.807) is 31.4 Å². The first-order valence-corrected chi connectivity index (χ1v) is 5.97. The summed E-state index contributed by atoms with van der Waals surface area (Å²) < 4.78 is 16.2. The van der Waals surface area contributed by atoms with Crippen molar-refractivity contribution >= 4 is 0 Å². The Hall–Kier alpha value is -2.36. The second kappa shape index (κ2) is 6.54. The molecule has 2 aromatic carbocycles. The Morgan fingerprint density at radius 1 is 0.842 bits per heavy atom. The maximum atomic E-state index is 9.14. The van der Waals surface area contributed by atoms with Crippen molar-refractivity contribution in [1.82, 2.24) is 0 Å². The lowest BCUT2D eigenvalue weighted by atomic mass is 10.3. The van der Waals surface area contributed by atoms with Crippen LogP contribution in [-0.2, 0) is 0 Å². The standard InChI is InChI=1S/C15H16O4/c1-17-14-4-2-3-5-15(14)19-11-10-18-13-8-6-12(16)7-9-13/h2-9,16H,10-11H2,1H3. The lowest BCUT2D eigenvalue weighted by Gasteiger charge is -2.11. The maximum Gasteiger partial charge on any atom is 0.161 e. The molecule has 4 heteroatoms. The molecule has 0 aromatic heterocycles. The van der Waals surface area contributed by atoms with Gasteiger partial charge in [0.1, 0.15) is 24.7 Å². The van der Waals surface area contributed by atoms with Crippen LogP contribution in [-0.4, -0.2) is 25.4 Å². The molecule has 0 aliphatic rings. The minimum absolute atomic E-state index is 0.220. The van der Waals surface area contributed by atoms with Crippen LogP contribution in [0.3, 0.4) is 0 Å². The van der Waals surface area contributed by atoms with Crippen LogP contribution in [0.5, 0.6) is 23.0 Å². The number of phenolic OH excluding ortho intramolecular Hbond substituents is 1. The number of methoxy groups -OCH3 is 1. The van der Waals surface area contributed by atoms with E-state index in [-0.39, 0.29) is 5.75 Å². The smallest absolute Gasteiger partial charge is 0.161 e. The molecule has 0 aliphatic carbocycles. The number of phenols is 1. The van der Waals surface area contributed by atoms with E-state index in [1.807, 2.05) is 24.3 Å². The van der Waals surface area contributed by atoms with Crippen LogP contribution in [0.1, 0.15) is 0 Å². The molecule has 2 rings (SSSR count). The van der Waals surface area contributed by atoms with Gasteiger partial charge in [-0.2, -0.15) is 0 Å². The molecular weight excluding hydrogens is 244 g/mol. The largest absolute Gasteiger partial charge is 0.508 e. The molecule has 100 valence electrons. The molecule has 0 radical (unpaired) electrons. The van der Waals surface area contributed by atoms with Gasteiger partial charge in [-0.15, -0.1) is 0 Å². The Bertz CT molecular complexity index is 508. The fraction of sp³-hybridized carbons (Fsp3) is 0.200. The first-order valence-electron chi connectivity index (χ1n) is 5.97. The molecule has 0 saturated carbocycles. The average molecular weight is 260 g/mol. The Kier molecular flexibility index (Phi) is 4.50. The van der Waals surface area contributed by atoms with E-state index in [9.17, 15) is 0 Å². The Morgan fingerprint density at radius 3 is 2.16 bits per heavy atom. The summed E-state index contributed by atoms with van der Waals surface area (Å²) in [6.45, 7) is 0.837. The molecule has 1 N–H and O–H groups in total. The lowest BCUT2D eigenvalue weighted by molar-refractivity contribution is 0.211. The van der Waals surface area contributed by atoms with Crippen LogP contribution in [0.4, 0.5) is 0 Å². The van der Waals surface area contributed by atoms with Gasteiger partial charge in [0.05, 0.1) is 7.11 Å². The normalized spacial score (nSPS) is 9.95. The SMILES string of the molecule is COc1ccccc1OCCOc1ccc(O)cc1. The first-order chi connectivity index (χ1) is 9.29. The minimum atomic E-state index is 0.220. The molecule has 0 saturated heterocycles. The van der Waals surface area contributed by atoms with Gasteiger partial charge >= 0.3 is 0 Å². The van der Waals surface area contributed by atoms with Crippen LogP contribution >= 0.6 is 0 Å². The molecule has 19 heavy (non-hydrogen) atoms. The summed E-state index contributed by atoms with van der Waals surface area (Å²) in [6, 6.07) is 14.0. The summed E-state index contributed by atoms with van der Waals surface area (Å²) in [5.41, 5.74) is 0. The van der Waals surface area contributed by atoms with Crippen molar-refractivity contribution in [2.45, 2.75) is 0 Å². The van der Waals surface area contributed by atoms with E-state index < -0.39 is 0 Å². The van der Waals surface area contributed by atoms with Gasteiger partial charge in [0.15, 0.2) is 11.5 Å². The third-order valence-corrected chi connectivity index (χ3v) is 2.52. The van der Waals surface area contributed by atoms with Crippen molar-refractivity contribution in [2.24, 2.45) is 0 Å². The predicted octanol–water partition coefficient (Wildman–Crippen LogP) is 2.86. The number of ether oxygens (including phenoxy) is 3. The van der Waals surface area contributed by atoms with Crippen molar-refractivity contribution in [3.8, 4) is 23.0 Å². The topological polar surface area (TPSA) is 47.9 Å². The molecule has 0 atom stereocenters.